The van der Waals surface area contributed by atoms with Crippen molar-refractivity contribution in [2.75, 3.05) is 5.32 Å². The lowest BCUT2D eigenvalue weighted by Gasteiger charge is -2.45. The maximum absolute atomic E-state index is 4.10. The predicted octanol–water partition coefficient (Wildman–Crippen LogP) is 32.0. The Bertz CT molecular complexity index is 3720. The molecule has 0 heterocycles. The van der Waals surface area contributed by atoms with Crippen molar-refractivity contribution in [1.29, 1.82) is 0 Å². The lowest BCUT2D eigenvalue weighted by atomic mass is 9.62. The highest BCUT2D eigenvalue weighted by atomic mass is 15.2. The van der Waals surface area contributed by atoms with E-state index in [0.29, 0.717) is 58.4 Å². The molecule has 12 aliphatic carbocycles. The number of hydrogen-bond acceptors (Lipinski definition) is 2. The van der Waals surface area contributed by atoms with E-state index >= 15 is 0 Å². The fourth-order valence-electron chi connectivity index (χ4n) is 24.5. The van der Waals surface area contributed by atoms with Gasteiger partial charge < -0.3 is 10.2 Å². The van der Waals surface area contributed by atoms with E-state index in [4.69, 9.17) is 0 Å². The first kappa shape index (κ1) is 81.7. The molecule has 0 radical (unpaired) electrons. The first-order chi connectivity index (χ1) is 53.3. The highest BCUT2D eigenvalue weighted by molar-refractivity contribution is 5.71. The molecule has 0 aromatic heterocycles. The Labute approximate surface area is 668 Å². The molecule has 1 aromatic carbocycles. The van der Waals surface area contributed by atoms with E-state index in [9.17, 15) is 0 Å². The molecule has 1 saturated carbocycles. The number of nitrogens with one attached hydrogen (secondary N) is 1. The second kappa shape index (κ2) is 38.7. The fraction of sp³-hybridized carbons (Fsp3) is 0.645. The summed E-state index contributed by atoms with van der Waals surface area (Å²) in [6, 6.07) is 10.3. The van der Waals surface area contributed by atoms with Gasteiger partial charge >= 0.3 is 0 Å². The summed E-state index contributed by atoms with van der Waals surface area (Å²) < 4.78 is 0. The van der Waals surface area contributed by atoms with Crippen molar-refractivity contribution in [2.24, 2.45) is 69.0 Å². The van der Waals surface area contributed by atoms with E-state index in [1.54, 1.807) is 39.0 Å². The lowest BCUT2D eigenvalue weighted by Crippen LogP contribution is -2.41. The molecule has 12 aliphatic rings. The minimum atomic E-state index is 0.0782. The quantitative estimate of drug-likeness (QED) is 0.0522. The molecule has 10 unspecified atom stereocenters. The number of anilines is 1. The summed E-state index contributed by atoms with van der Waals surface area (Å²) in [5, 5.41) is 4.10. The van der Waals surface area contributed by atoms with Crippen LogP contribution in [0.15, 0.2) is 207 Å². The molecule has 0 bridgehead atoms. The van der Waals surface area contributed by atoms with Crippen LogP contribution in [0.2, 0.25) is 0 Å². The zero-order valence-corrected chi connectivity index (χ0v) is 71.3. The van der Waals surface area contributed by atoms with Crippen LogP contribution in [0.3, 0.4) is 0 Å². The molecule has 13 rings (SSSR count). The zero-order valence-electron chi connectivity index (χ0n) is 71.3. The second-order valence-electron chi connectivity index (χ2n) is 38.1. The molecular weight excluding hydrogens is 1310 g/mol. The van der Waals surface area contributed by atoms with Crippen LogP contribution in [0.5, 0.6) is 0 Å². The Morgan fingerprint density at radius 1 is 0.495 bits per heavy atom. The van der Waals surface area contributed by atoms with Gasteiger partial charge in [0.15, 0.2) is 0 Å². The summed E-state index contributed by atoms with van der Waals surface area (Å²) in [7, 11) is 0. The van der Waals surface area contributed by atoms with Gasteiger partial charge in [-0.15, -0.1) is 0 Å². The largest absolute Gasteiger partial charge is 0.379 e. The van der Waals surface area contributed by atoms with Crippen molar-refractivity contribution >= 4 is 11.3 Å². The molecule has 0 amide bonds. The topological polar surface area (TPSA) is 15.3 Å². The SMILES string of the molecule is CCCCCCCC1(CCCCCCC)C2=CCCCC2C2=C1CC(Nc1ccc(C3=CC=C(C4C=CC(N(C5=CCC(C6=CC=C(C(C)(C7=CC=C(C8=CCC(C(C)(CC)CC)CC8)CC7)C(C)C)CC6)C=C5)C5C=CC6C7CCCC=C7C(CCCCCCC)(CCCCCCC)C6C5)=CC4)CC3)cc1)C=C2. The maximum Gasteiger partial charge on any atom is 0.0525 e. The molecule has 592 valence electrons. The summed E-state index contributed by atoms with van der Waals surface area (Å²) in [4.78, 5) is 2.88. The highest BCUT2D eigenvalue weighted by Crippen LogP contribution is 2.66. The average molecular weight is 1470 g/mol. The van der Waals surface area contributed by atoms with Crippen molar-refractivity contribution in [3.63, 3.8) is 0 Å². The van der Waals surface area contributed by atoms with Crippen molar-refractivity contribution in [2.45, 2.75) is 370 Å². The van der Waals surface area contributed by atoms with Crippen LogP contribution in [-0.4, -0.2) is 17.0 Å². The molecule has 10 atom stereocenters. The third-order valence-corrected chi connectivity index (χ3v) is 31.9. The zero-order chi connectivity index (χ0) is 75.8. The Morgan fingerprint density at radius 2 is 1.06 bits per heavy atom. The molecule has 0 aliphatic heterocycles. The standard InChI is InChI=1S/C107H154N2/c1-11-17-21-25-33-73-106(74-34-26-22-18-12-2)100-39-31-29-37-96(100)98-71-65-92(77-102(98)106)108-91-63-51-85(52-64-91)80-41-43-81(44-42-80)86-53-66-93(67-54-86)109(95-70-72-99-97-38-30-32-40-101(97)107(103(99)78-95,75-35-27-23-19-13-3)76-36-28-24-20-14-4)94-68-55-87(56-69-94)84-49-61-90(62-50-84)105(10,79(7)8)89-59-47-83(48-60-89)82-45-57-88(58-46-82)104(9,15-5)16-6/h39-41,43,45,47,49,51-53,55,59,61,63-72,79,86-88,92,95-97,99,103,108H,11-38,42,44,46,48,50,54,56-58,60,62,73-78H2,1-10H3. The van der Waals surface area contributed by atoms with Crippen LogP contribution in [0.25, 0.3) is 5.57 Å². The molecule has 0 saturated heterocycles. The Balaban J connectivity index is 0.713. The molecule has 2 nitrogen and oxygen atoms in total. The average Bonchev–Trinajstić information content (AvgIpc) is 1.57. The monoisotopic (exact) mass is 1470 g/mol. The Morgan fingerprint density at radius 3 is 1.59 bits per heavy atom. The predicted molar refractivity (Wildman–Crippen MR) is 474 cm³/mol. The Hall–Kier alpha value is -5.34. The van der Waals surface area contributed by atoms with Crippen molar-refractivity contribution in [3.05, 3.63) is 212 Å². The number of allylic oxidation sites excluding steroid dienone is 27. The molecular formula is C107H154N2. The number of rotatable bonds is 39. The van der Waals surface area contributed by atoms with Gasteiger partial charge in [-0.3, -0.25) is 0 Å². The molecule has 1 N–H and O–H groups in total. The van der Waals surface area contributed by atoms with Crippen LogP contribution >= 0.6 is 0 Å². The normalized spacial score (nSPS) is 27.5. The van der Waals surface area contributed by atoms with E-state index in [0.717, 1.165) is 43.9 Å². The summed E-state index contributed by atoms with van der Waals surface area (Å²) in [5.74, 6) is 5.05. The number of unbranched alkanes of at least 4 members (excludes halogenated alkanes) is 16. The summed E-state index contributed by atoms with van der Waals surface area (Å²) in [6.45, 7) is 24.4. The van der Waals surface area contributed by atoms with Crippen LogP contribution in [0.1, 0.15) is 364 Å². The fourth-order valence-corrected chi connectivity index (χ4v) is 24.5. The first-order valence-corrected chi connectivity index (χ1v) is 47.1. The first-order valence-electron chi connectivity index (χ1n) is 47.1. The van der Waals surface area contributed by atoms with E-state index in [1.165, 1.54) is 285 Å². The molecule has 1 aromatic rings. The van der Waals surface area contributed by atoms with Gasteiger partial charge in [0.1, 0.15) is 0 Å². The minimum Gasteiger partial charge on any atom is -0.379 e. The van der Waals surface area contributed by atoms with Crippen LogP contribution < -0.4 is 5.32 Å². The van der Waals surface area contributed by atoms with Crippen molar-refractivity contribution < 1.29 is 0 Å². The van der Waals surface area contributed by atoms with Gasteiger partial charge in [-0.2, -0.15) is 0 Å². The van der Waals surface area contributed by atoms with Gasteiger partial charge in [-0.25, -0.2) is 0 Å². The van der Waals surface area contributed by atoms with Gasteiger partial charge in [0.05, 0.1) is 6.04 Å². The van der Waals surface area contributed by atoms with Gasteiger partial charge in [0, 0.05) is 51.7 Å². The number of fused-ring (bicyclic) bond motifs is 5. The number of hydrogen-bond donors (Lipinski definition) is 1. The van der Waals surface area contributed by atoms with Crippen LogP contribution in [0.4, 0.5) is 5.69 Å². The Kier molecular flexibility index (Phi) is 29.0. The van der Waals surface area contributed by atoms with Gasteiger partial charge in [-0.05, 0) is 240 Å². The third-order valence-electron chi connectivity index (χ3n) is 31.9. The van der Waals surface area contributed by atoms with Gasteiger partial charge in [0.2, 0.25) is 0 Å². The maximum atomic E-state index is 4.10. The number of nitrogens with zero attached hydrogens (tertiary/aromatic N) is 1. The smallest absolute Gasteiger partial charge is 0.0525 e. The van der Waals surface area contributed by atoms with E-state index < -0.39 is 0 Å². The lowest BCUT2D eigenvalue weighted by molar-refractivity contribution is 0.131. The molecule has 0 spiro atoms. The summed E-state index contributed by atoms with van der Waals surface area (Å²) in [5.41, 5.74) is 25.3. The highest BCUT2D eigenvalue weighted by Gasteiger charge is 2.57. The number of benzene rings is 1. The van der Waals surface area contributed by atoms with E-state index in [1.807, 2.05) is 16.7 Å². The van der Waals surface area contributed by atoms with E-state index in [2.05, 4.69) is 219 Å². The van der Waals surface area contributed by atoms with Crippen LogP contribution in [0, 0.1) is 69.0 Å². The second-order valence-corrected chi connectivity index (χ2v) is 38.1. The molecule has 2 heteroatoms. The van der Waals surface area contributed by atoms with E-state index in [-0.39, 0.29) is 10.8 Å². The minimum absolute atomic E-state index is 0.0782. The summed E-state index contributed by atoms with van der Waals surface area (Å²) in [6.07, 6.45) is 109. The van der Waals surface area contributed by atoms with Gasteiger partial charge in [-0.1, -0.05) is 365 Å². The molecule has 1 fully saturated rings. The third kappa shape index (κ3) is 18.3. The van der Waals surface area contributed by atoms with Crippen LogP contribution in [-0.2, 0) is 0 Å². The van der Waals surface area contributed by atoms with Gasteiger partial charge in [0.25, 0.3) is 0 Å². The molecule has 109 heavy (non-hydrogen) atoms. The summed E-state index contributed by atoms with van der Waals surface area (Å²) >= 11 is 0. The van der Waals surface area contributed by atoms with Crippen molar-refractivity contribution in [3.8, 4) is 0 Å². The van der Waals surface area contributed by atoms with Crippen molar-refractivity contribution in [1.82, 2.24) is 4.90 Å².